The van der Waals surface area contributed by atoms with Crippen molar-refractivity contribution in [1.82, 2.24) is 10.2 Å². The predicted octanol–water partition coefficient (Wildman–Crippen LogP) is 3.91. The third-order valence-electron chi connectivity index (χ3n) is 5.33. The summed E-state index contributed by atoms with van der Waals surface area (Å²) < 4.78 is 0. The van der Waals surface area contributed by atoms with Gasteiger partial charge in [-0.2, -0.15) is 0 Å². The van der Waals surface area contributed by atoms with Gasteiger partial charge in [0.2, 0.25) is 0 Å². The Kier molecular flexibility index (Phi) is 6.83. The quantitative estimate of drug-likeness (QED) is 0.793. The minimum Gasteiger partial charge on any atom is -0.314 e. The second kappa shape index (κ2) is 8.38. The molecule has 0 amide bonds. The number of piperidine rings is 1. The molecule has 1 saturated heterocycles. The second-order valence-corrected chi connectivity index (χ2v) is 7.84. The molecule has 0 aromatic carbocycles. The summed E-state index contributed by atoms with van der Waals surface area (Å²) >= 11 is 0. The molecule has 0 atom stereocenters. The monoisotopic (exact) mass is 280 g/mol. The van der Waals surface area contributed by atoms with E-state index in [1.54, 1.807) is 0 Å². The maximum Gasteiger partial charge on any atom is 0.00914 e. The first kappa shape index (κ1) is 16.3. The molecule has 0 bridgehead atoms. The van der Waals surface area contributed by atoms with Gasteiger partial charge in [0.1, 0.15) is 0 Å². The Morgan fingerprint density at radius 2 is 1.65 bits per heavy atom. The van der Waals surface area contributed by atoms with E-state index in [0.717, 1.165) is 23.8 Å². The van der Waals surface area contributed by atoms with Gasteiger partial charge in [-0.05, 0) is 56.7 Å². The van der Waals surface area contributed by atoms with Crippen molar-refractivity contribution < 1.29 is 0 Å². The summed E-state index contributed by atoms with van der Waals surface area (Å²) in [6.07, 6.45) is 10.0. The van der Waals surface area contributed by atoms with Gasteiger partial charge in [-0.15, -0.1) is 0 Å². The number of hydrogen-bond donors (Lipinski definition) is 1. The van der Waals surface area contributed by atoms with Crippen molar-refractivity contribution in [3.63, 3.8) is 0 Å². The Morgan fingerprint density at radius 3 is 2.25 bits per heavy atom. The van der Waals surface area contributed by atoms with E-state index >= 15 is 0 Å². The van der Waals surface area contributed by atoms with Crippen molar-refractivity contribution in [2.24, 2.45) is 17.8 Å². The SMILES string of the molecule is CC(C)CN1CCC(NCCC2CCC(C)CC2)CC1. The van der Waals surface area contributed by atoms with Crippen molar-refractivity contribution in [1.29, 1.82) is 0 Å². The minimum atomic E-state index is 0.793. The summed E-state index contributed by atoms with van der Waals surface area (Å²) in [4.78, 5) is 2.64. The molecular formula is C18H36N2. The first-order valence-electron chi connectivity index (χ1n) is 9.09. The molecule has 0 unspecified atom stereocenters. The van der Waals surface area contributed by atoms with Gasteiger partial charge in [-0.3, -0.25) is 0 Å². The second-order valence-electron chi connectivity index (χ2n) is 7.84. The van der Waals surface area contributed by atoms with E-state index in [9.17, 15) is 0 Å². The Labute approximate surface area is 126 Å². The van der Waals surface area contributed by atoms with E-state index in [1.165, 1.54) is 71.1 Å². The third kappa shape index (κ3) is 5.73. The van der Waals surface area contributed by atoms with Crippen molar-refractivity contribution in [3.05, 3.63) is 0 Å². The molecule has 0 aromatic rings. The van der Waals surface area contributed by atoms with Crippen LogP contribution in [0.2, 0.25) is 0 Å². The molecule has 20 heavy (non-hydrogen) atoms. The summed E-state index contributed by atoms with van der Waals surface area (Å²) in [5.41, 5.74) is 0. The van der Waals surface area contributed by atoms with E-state index in [1.807, 2.05) is 0 Å². The average molecular weight is 280 g/mol. The fourth-order valence-corrected chi connectivity index (χ4v) is 3.95. The predicted molar refractivity (Wildman–Crippen MR) is 88.0 cm³/mol. The number of likely N-dealkylation sites (tertiary alicyclic amines) is 1. The van der Waals surface area contributed by atoms with Gasteiger partial charge in [0.05, 0.1) is 0 Å². The number of nitrogens with zero attached hydrogens (tertiary/aromatic N) is 1. The van der Waals surface area contributed by atoms with Gasteiger partial charge in [-0.25, -0.2) is 0 Å². The molecule has 2 aliphatic rings. The molecule has 1 aliphatic carbocycles. The van der Waals surface area contributed by atoms with Crippen LogP contribution in [0.5, 0.6) is 0 Å². The molecule has 1 aliphatic heterocycles. The van der Waals surface area contributed by atoms with Gasteiger partial charge in [0.15, 0.2) is 0 Å². The summed E-state index contributed by atoms with van der Waals surface area (Å²) in [7, 11) is 0. The van der Waals surface area contributed by atoms with E-state index in [-0.39, 0.29) is 0 Å². The topological polar surface area (TPSA) is 15.3 Å². The Bertz CT molecular complexity index is 248. The smallest absolute Gasteiger partial charge is 0.00914 e. The standard InChI is InChI=1S/C18H36N2/c1-15(2)14-20-12-9-18(10-13-20)19-11-8-17-6-4-16(3)5-7-17/h15-19H,4-14H2,1-3H3. The molecule has 0 spiro atoms. The number of rotatable bonds is 6. The summed E-state index contributed by atoms with van der Waals surface area (Å²) in [5, 5.41) is 3.83. The molecular weight excluding hydrogens is 244 g/mol. The van der Waals surface area contributed by atoms with Crippen molar-refractivity contribution >= 4 is 0 Å². The highest BCUT2D eigenvalue weighted by Crippen LogP contribution is 2.30. The van der Waals surface area contributed by atoms with Crippen LogP contribution in [0, 0.1) is 17.8 Å². The lowest BCUT2D eigenvalue weighted by Crippen LogP contribution is -2.44. The first-order chi connectivity index (χ1) is 9.63. The van der Waals surface area contributed by atoms with Crippen LogP contribution in [0.4, 0.5) is 0 Å². The lowest BCUT2D eigenvalue weighted by molar-refractivity contribution is 0.177. The summed E-state index contributed by atoms with van der Waals surface area (Å²) in [5.74, 6) is 2.82. The number of nitrogens with one attached hydrogen (secondary N) is 1. The van der Waals surface area contributed by atoms with Crippen LogP contribution >= 0.6 is 0 Å². The zero-order valence-corrected chi connectivity index (χ0v) is 14.0. The molecule has 2 rings (SSSR count). The van der Waals surface area contributed by atoms with Gasteiger partial charge < -0.3 is 10.2 Å². The zero-order chi connectivity index (χ0) is 14.4. The van der Waals surface area contributed by atoms with Crippen LogP contribution in [-0.2, 0) is 0 Å². The van der Waals surface area contributed by atoms with E-state index in [4.69, 9.17) is 0 Å². The lowest BCUT2D eigenvalue weighted by Gasteiger charge is -2.34. The van der Waals surface area contributed by atoms with Gasteiger partial charge in [0.25, 0.3) is 0 Å². The molecule has 2 fully saturated rings. The normalized spacial score (nSPS) is 30.0. The third-order valence-corrected chi connectivity index (χ3v) is 5.33. The van der Waals surface area contributed by atoms with E-state index in [0.29, 0.717) is 0 Å². The maximum atomic E-state index is 3.83. The highest BCUT2D eigenvalue weighted by molar-refractivity contribution is 4.78. The van der Waals surface area contributed by atoms with Crippen LogP contribution in [0.15, 0.2) is 0 Å². The molecule has 0 radical (unpaired) electrons. The average Bonchev–Trinajstić information content (AvgIpc) is 2.42. The molecule has 118 valence electrons. The van der Waals surface area contributed by atoms with Gasteiger partial charge in [0, 0.05) is 12.6 Å². The van der Waals surface area contributed by atoms with Crippen molar-refractivity contribution in [3.8, 4) is 0 Å². The fraction of sp³-hybridized carbons (Fsp3) is 1.00. The fourth-order valence-electron chi connectivity index (χ4n) is 3.95. The first-order valence-corrected chi connectivity index (χ1v) is 9.09. The van der Waals surface area contributed by atoms with E-state index < -0.39 is 0 Å². The highest BCUT2D eigenvalue weighted by Gasteiger charge is 2.21. The van der Waals surface area contributed by atoms with Gasteiger partial charge in [-0.1, -0.05) is 46.5 Å². The largest absolute Gasteiger partial charge is 0.314 e. The Balaban J connectivity index is 1.53. The summed E-state index contributed by atoms with van der Waals surface area (Å²) in [6.45, 7) is 12.2. The Hall–Kier alpha value is -0.0800. The van der Waals surface area contributed by atoms with Crippen LogP contribution < -0.4 is 5.32 Å². The minimum absolute atomic E-state index is 0.793. The van der Waals surface area contributed by atoms with Crippen molar-refractivity contribution in [2.45, 2.75) is 71.8 Å². The molecule has 1 saturated carbocycles. The maximum absolute atomic E-state index is 3.83. The molecule has 1 N–H and O–H groups in total. The summed E-state index contributed by atoms with van der Waals surface area (Å²) in [6, 6.07) is 0.793. The van der Waals surface area contributed by atoms with E-state index in [2.05, 4.69) is 31.0 Å². The number of hydrogen-bond acceptors (Lipinski definition) is 2. The highest BCUT2D eigenvalue weighted by atomic mass is 15.1. The van der Waals surface area contributed by atoms with Crippen LogP contribution in [-0.4, -0.2) is 37.1 Å². The van der Waals surface area contributed by atoms with Crippen molar-refractivity contribution in [2.75, 3.05) is 26.2 Å². The molecule has 2 heteroatoms. The van der Waals surface area contributed by atoms with Crippen LogP contribution in [0.1, 0.15) is 65.7 Å². The zero-order valence-electron chi connectivity index (χ0n) is 14.0. The lowest BCUT2D eigenvalue weighted by atomic mass is 9.81. The van der Waals surface area contributed by atoms with Crippen LogP contribution in [0.3, 0.4) is 0 Å². The van der Waals surface area contributed by atoms with Gasteiger partial charge >= 0.3 is 0 Å². The van der Waals surface area contributed by atoms with Crippen LogP contribution in [0.25, 0.3) is 0 Å². The molecule has 2 nitrogen and oxygen atoms in total. The molecule has 1 heterocycles. The Morgan fingerprint density at radius 1 is 1.00 bits per heavy atom. The molecule has 0 aromatic heterocycles.